The Kier molecular flexibility index (Phi) is 4.78. The molecule has 0 bridgehead atoms. The van der Waals surface area contributed by atoms with Gasteiger partial charge in [-0.2, -0.15) is 5.48 Å². The normalized spacial score (nSPS) is 18.4. The fourth-order valence-corrected chi connectivity index (χ4v) is 1.57. The van der Waals surface area contributed by atoms with E-state index in [1.165, 1.54) is 20.0 Å². The third-order valence-corrected chi connectivity index (χ3v) is 2.33. The zero-order valence-corrected chi connectivity index (χ0v) is 8.21. The van der Waals surface area contributed by atoms with E-state index in [9.17, 15) is 4.79 Å². The van der Waals surface area contributed by atoms with E-state index in [2.05, 4.69) is 10.3 Å². The van der Waals surface area contributed by atoms with Gasteiger partial charge in [-0.25, -0.2) is 0 Å². The molecule has 4 heteroatoms. The van der Waals surface area contributed by atoms with Crippen molar-refractivity contribution in [3.63, 3.8) is 0 Å². The van der Waals surface area contributed by atoms with Gasteiger partial charge in [-0.3, -0.25) is 4.79 Å². The molecule has 1 saturated heterocycles. The number of carbonyl (C=O) groups is 1. The molecule has 0 unspecified atom stereocenters. The van der Waals surface area contributed by atoms with E-state index in [1.807, 2.05) is 4.90 Å². The largest absolute Gasteiger partial charge is 0.342 e. The monoisotopic (exact) mass is 186 g/mol. The number of hydrogen-bond acceptors (Lipinski definition) is 3. The Balaban J connectivity index is 2.26. The van der Waals surface area contributed by atoms with Crippen LogP contribution in [-0.2, 0) is 9.63 Å². The Morgan fingerprint density at radius 2 is 1.92 bits per heavy atom. The third-order valence-electron chi connectivity index (χ3n) is 2.33. The molecule has 76 valence electrons. The molecule has 0 aromatic heterocycles. The highest BCUT2D eigenvalue weighted by atomic mass is 16.6. The summed E-state index contributed by atoms with van der Waals surface area (Å²) in [7, 11) is 1.52. The fraction of sp³-hybridized carbons (Fsp3) is 0.889. The SMILES string of the molecule is CONCC(=O)N1CCCCCC1. The van der Waals surface area contributed by atoms with Crippen LogP contribution < -0.4 is 5.48 Å². The highest BCUT2D eigenvalue weighted by Gasteiger charge is 2.14. The van der Waals surface area contributed by atoms with E-state index in [-0.39, 0.29) is 12.5 Å². The zero-order valence-electron chi connectivity index (χ0n) is 8.21. The second-order valence-corrected chi connectivity index (χ2v) is 3.32. The molecule has 0 saturated carbocycles. The van der Waals surface area contributed by atoms with Crippen molar-refractivity contribution in [2.24, 2.45) is 0 Å². The first kappa shape index (κ1) is 10.5. The molecule has 0 aliphatic carbocycles. The maximum Gasteiger partial charge on any atom is 0.238 e. The van der Waals surface area contributed by atoms with Crippen LogP contribution in [-0.4, -0.2) is 37.6 Å². The summed E-state index contributed by atoms with van der Waals surface area (Å²) < 4.78 is 0. The summed E-state index contributed by atoms with van der Waals surface area (Å²) in [5, 5.41) is 0. The van der Waals surface area contributed by atoms with Crippen molar-refractivity contribution in [3.05, 3.63) is 0 Å². The van der Waals surface area contributed by atoms with Crippen molar-refractivity contribution in [1.29, 1.82) is 0 Å². The molecule has 1 heterocycles. The summed E-state index contributed by atoms with van der Waals surface area (Å²) in [6.07, 6.45) is 4.78. The quantitative estimate of drug-likeness (QED) is 0.654. The number of amides is 1. The molecule has 0 spiro atoms. The molecule has 0 aromatic carbocycles. The third kappa shape index (κ3) is 3.74. The van der Waals surface area contributed by atoms with Gasteiger partial charge in [0.1, 0.15) is 6.54 Å². The van der Waals surface area contributed by atoms with Gasteiger partial charge in [-0.1, -0.05) is 12.8 Å². The molecule has 1 aliphatic heterocycles. The number of carbonyl (C=O) groups excluding carboxylic acids is 1. The highest BCUT2D eigenvalue weighted by molar-refractivity contribution is 5.78. The Labute approximate surface area is 79.2 Å². The lowest BCUT2D eigenvalue weighted by atomic mass is 10.2. The first-order valence-corrected chi connectivity index (χ1v) is 4.88. The van der Waals surface area contributed by atoms with E-state index in [1.54, 1.807) is 0 Å². The number of nitrogens with zero attached hydrogens (tertiary/aromatic N) is 1. The predicted octanol–water partition coefficient (Wildman–Crippen LogP) is 0.540. The lowest BCUT2D eigenvalue weighted by Crippen LogP contribution is -2.38. The van der Waals surface area contributed by atoms with Crippen molar-refractivity contribution in [2.75, 3.05) is 26.7 Å². The van der Waals surface area contributed by atoms with Crippen LogP contribution in [0.3, 0.4) is 0 Å². The number of hydroxylamine groups is 1. The molecule has 1 N–H and O–H groups in total. The molecule has 0 aromatic rings. The van der Waals surface area contributed by atoms with Gasteiger partial charge >= 0.3 is 0 Å². The standard InChI is InChI=1S/C9H18N2O2/c1-13-10-8-9(12)11-6-4-2-3-5-7-11/h10H,2-8H2,1H3. The second-order valence-electron chi connectivity index (χ2n) is 3.32. The summed E-state index contributed by atoms with van der Waals surface area (Å²) >= 11 is 0. The maximum atomic E-state index is 11.5. The molecule has 1 amide bonds. The van der Waals surface area contributed by atoms with Crippen molar-refractivity contribution in [3.8, 4) is 0 Å². The molecule has 1 aliphatic rings. The lowest BCUT2D eigenvalue weighted by molar-refractivity contribution is -0.132. The summed E-state index contributed by atoms with van der Waals surface area (Å²) in [6.45, 7) is 2.10. The predicted molar refractivity (Wildman–Crippen MR) is 50.1 cm³/mol. The van der Waals surface area contributed by atoms with Gasteiger partial charge in [0, 0.05) is 13.1 Å². The highest BCUT2D eigenvalue weighted by Crippen LogP contribution is 2.09. The van der Waals surface area contributed by atoms with E-state index >= 15 is 0 Å². The van der Waals surface area contributed by atoms with Crippen LogP contribution in [0.2, 0.25) is 0 Å². The van der Waals surface area contributed by atoms with Gasteiger partial charge < -0.3 is 9.74 Å². The second kappa shape index (κ2) is 5.94. The van der Waals surface area contributed by atoms with Crippen LogP contribution in [0.1, 0.15) is 25.7 Å². The summed E-state index contributed by atoms with van der Waals surface area (Å²) in [5.41, 5.74) is 2.57. The minimum atomic E-state index is 0.142. The number of hydrogen-bond donors (Lipinski definition) is 1. The topological polar surface area (TPSA) is 41.6 Å². The minimum Gasteiger partial charge on any atom is -0.342 e. The van der Waals surface area contributed by atoms with Gasteiger partial charge in [-0.15, -0.1) is 0 Å². The smallest absolute Gasteiger partial charge is 0.238 e. The molecule has 13 heavy (non-hydrogen) atoms. The van der Waals surface area contributed by atoms with Gasteiger partial charge in [0.15, 0.2) is 0 Å². The average molecular weight is 186 g/mol. The number of nitrogens with one attached hydrogen (secondary N) is 1. The average Bonchev–Trinajstić information content (AvgIpc) is 2.42. The number of likely N-dealkylation sites (tertiary alicyclic amines) is 1. The van der Waals surface area contributed by atoms with Crippen LogP contribution in [0.5, 0.6) is 0 Å². The molecule has 4 nitrogen and oxygen atoms in total. The van der Waals surface area contributed by atoms with Gasteiger partial charge in [0.05, 0.1) is 7.11 Å². The van der Waals surface area contributed by atoms with Crippen LogP contribution >= 0.6 is 0 Å². The zero-order chi connectivity index (χ0) is 9.52. The van der Waals surface area contributed by atoms with Crippen LogP contribution in [0.15, 0.2) is 0 Å². The summed E-state index contributed by atoms with van der Waals surface area (Å²) in [5.74, 6) is 0.142. The van der Waals surface area contributed by atoms with E-state index in [0.29, 0.717) is 0 Å². The molecule has 1 fully saturated rings. The maximum absolute atomic E-state index is 11.5. The van der Waals surface area contributed by atoms with Gasteiger partial charge in [0.25, 0.3) is 0 Å². The molecule has 1 rings (SSSR count). The van der Waals surface area contributed by atoms with E-state index in [4.69, 9.17) is 0 Å². The summed E-state index contributed by atoms with van der Waals surface area (Å²) in [6, 6.07) is 0. The van der Waals surface area contributed by atoms with Crippen molar-refractivity contribution < 1.29 is 9.63 Å². The number of rotatable bonds is 3. The first-order valence-electron chi connectivity index (χ1n) is 4.88. The fourth-order valence-electron chi connectivity index (χ4n) is 1.57. The molecule has 0 radical (unpaired) electrons. The van der Waals surface area contributed by atoms with Crippen LogP contribution in [0.4, 0.5) is 0 Å². The van der Waals surface area contributed by atoms with Gasteiger partial charge in [0.2, 0.25) is 5.91 Å². The lowest BCUT2D eigenvalue weighted by Gasteiger charge is -2.19. The molecule has 0 atom stereocenters. The van der Waals surface area contributed by atoms with Crippen molar-refractivity contribution in [1.82, 2.24) is 10.4 Å². The van der Waals surface area contributed by atoms with E-state index in [0.717, 1.165) is 25.9 Å². The molecular formula is C9H18N2O2. The van der Waals surface area contributed by atoms with Crippen molar-refractivity contribution in [2.45, 2.75) is 25.7 Å². The Bertz CT molecular complexity index is 154. The van der Waals surface area contributed by atoms with Crippen LogP contribution in [0, 0.1) is 0 Å². The Morgan fingerprint density at radius 1 is 1.31 bits per heavy atom. The Morgan fingerprint density at radius 3 is 2.46 bits per heavy atom. The minimum absolute atomic E-state index is 0.142. The van der Waals surface area contributed by atoms with Crippen molar-refractivity contribution >= 4 is 5.91 Å². The van der Waals surface area contributed by atoms with Crippen LogP contribution in [0.25, 0.3) is 0 Å². The van der Waals surface area contributed by atoms with Gasteiger partial charge in [-0.05, 0) is 12.8 Å². The van der Waals surface area contributed by atoms with E-state index < -0.39 is 0 Å². The Hall–Kier alpha value is -0.610. The first-order chi connectivity index (χ1) is 6.34. The molecular weight excluding hydrogens is 168 g/mol. The summed E-state index contributed by atoms with van der Waals surface area (Å²) in [4.78, 5) is 18.0.